The number of benzene rings is 1. The highest BCUT2D eigenvalue weighted by molar-refractivity contribution is 6.04. The molecule has 3 heteroatoms. The fraction of sp³-hybridized carbons (Fsp3) is 0.333. The van der Waals surface area contributed by atoms with Crippen LogP contribution in [0.5, 0.6) is 0 Å². The van der Waals surface area contributed by atoms with E-state index in [-0.39, 0.29) is 11.7 Å². The summed E-state index contributed by atoms with van der Waals surface area (Å²) in [5.74, 6) is -0.274. The average molecular weight is 281 g/mol. The maximum absolute atomic E-state index is 12.6. The Morgan fingerprint density at radius 1 is 1.33 bits per heavy atom. The second-order valence-electron chi connectivity index (χ2n) is 5.92. The number of carbonyl (C=O) groups is 1. The lowest BCUT2D eigenvalue weighted by molar-refractivity contribution is 0.0745. The molecule has 3 atom stereocenters. The number of hydrogen-bond donors (Lipinski definition) is 1. The molecule has 0 spiro atoms. The van der Waals surface area contributed by atoms with Crippen molar-refractivity contribution in [2.75, 3.05) is 0 Å². The van der Waals surface area contributed by atoms with Crippen LogP contribution in [-0.2, 0) is 0 Å². The predicted molar refractivity (Wildman–Crippen MR) is 83.6 cm³/mol. The van der Waals surface area contributed by atoms with Gasteiger partial charge < -0.3 is 5.11 Å². The van der Waals surface area contributed by atoms with E-state index in [4.69, 9.17) is 0 Å². The monoisotopic (exact) mass is 281 g/mol. The van der Waals surface area contributed by atoms with Crippen molar-refractivity contribution in [3.05, 3.63) is 58.7 Å². The normalized spacial score (nSPS) is 27.3. The minimum Gasteiger partial charge on any atom is -0.388 e. The number of aliphatic hydroxyl groups excluding tert-OH is 1. The summed E-state index contributed by atoms with van der Waals surface area (Å²) in [7, 11) is 0. The van der Waals surface area contributed by atoms with Gasteiger partial charge in [0.1, 0.15) is 6.04 Å². The van der Waals surface area contributed by atoms with Crippen LogP contribution in [0.4, 0.5) is 0 Å². The second-order valence-corrected chi connectivity index (χ2v) is 5.92. The van der Waals surface area contributed by atoms with Gasteiger partial charge in [0, 0.05) is 24.1 Å². The van der Waals surface area contributed by atoms with Gasteiger partial charge in [-0.1, -0.05) is 42.0 Å². The minimum absolute atomic E-state index is 0.00634. The van der Waals surface area contributed by atoms with Crippen molar-refractivity contribution in [3.63, 3.8) is 0 Å². The molecule has 1 heterocycles. The molecule has 0 radical (unpaired) electrons. The lowest BCUT2D eigenvalue weighted by Crippen LogP contribution is -2.37. The molecule has 1 aromatic rings. The third-order valence-corrected chi connectivity index (χ3v) is 4.02. The Morgan fingerprint density at radius 2 is 2.10 bits per heavy atom. The third-order valence-electron chi connectivity index (χ3n) is 4.02. The molecule has 3 unspecified atom stereocenters. The number of allylic oxidation sites excluding steroid dienone is 3. The number of nitrogens with zero attached hydrogens (tertiary/aromatic N) is 1. The minimum atomic E-state index is -0.681. The first-order valence-corrected chi connectivity index (χ1v) is 7.26. The highest BCUT2D eigenvalue weighted by Crippen LogP contribution is 2.38. The molecular weight excluding hydrogens is 262 g/mol. The summed E-state index contributed by atoms with van der Waals surface area (Å²) in [6, 6.07) is 6.79. The molecule has 3 rings (SSSR count). The lowest BCUT2D eigenvalue weighted by atomic mass is 9.76. The van der Waals surface area contributed by atoms with E-state index in [0.717, 1.165) is 5.57 Å². The number of carbonyl (C=O) groups excluding carboxylic acids is 1. The van der Waals surface area contributed by atoms with Gasteiger partial charge >= 0.3 is 0 Å². The molecule has 0 amide bonds. The summed E-state index contributed by atoms with van der Waals surface area (Å²) in [5, 5.41) is 10.7. The van der Waals surface area contributed by atoms with Crippen LogP contribution in [0.15, 0.2) is 52.6 Å². The SMILES string of the molecule is CC(C)=CC1=CC2C(N=CC1)C(=O)c1ccccc1C2O. The summed E-state index contributed by atoms with van der Waals surface area (Å²) < 4.78 is 0. The molecule has 0 saturated carbocycles. The van der Waals surface area contributed by atoms with Gasteiger partial charge in [0.15, 0.2) is 5.78 Å². The maximum atomic E-state index is 12.6. The standard InChI is InChI=1S/C18H19NO2/c1-11(2)9-12-7-8-19-16-15(10-12)17(20)13-5-3-4-6-14(13)18(16)21/h3-6,8-10,15-17,20H,7H2,1-2H3. The van der Waals surface area contributed by atoms with E-state index in [9.17, 15) is 9.90 Å². The number of aliphatic imine (C=N–C) groups is 1. The first kappa shape index (κ1) is 14.0. The number of ketones is 1. The van der Waals surface area contributed by atoms with E-state index in [0.29, 0.717) is 17.5 Å². The van der Waals surface area contributed by atoms with Crippen LogP contribution in [-0.4, -0.2) is 23.1 Å². The Morgan fingerprint density at radius 3 is 2.86 bits per heavy atom. The molecular formula is C18H19NO2. The van der Waals surface area contributed by atoms with Crippen molar-refractivity contribution in [2.24, 2.45) is 10.9 Å². The summed E-state index contributed by atoms with van der Waals surface area (Å²) >= 11 is 0. The van der Waals surface area contributed by atoms with Gasteiger partial charge in [-0.3, -0.25) is 9.79 Å². The van der Waals surface area contributed by atoms with E-state index in [1.54, 1.807) is 12.3 Å². The zero-order chi connectivity index (χ0) is 15.0. The first-order valence-electron chi connectivity index (χ1n) is 7.26. The zero-order valence-electron chi connectivity index (χ0n) is 12.3. The van der Waals surface area contributed by atoms with E-state index < -0.39 is 12.1 Å². The molecule has 1 aliphatic heterocycles. The quantitative estimate of drug-likeness (QED) is 0.859. The van der Waals surface area contributed by atoms with Gasteiger partial charge in [0.05, 0.1) is 6.10 Å². The third kappa shape index (κ3) is 2.49. The van der Waals surface area contributed by atoms with Crippen LogP contribution in [0.2, 0.25) is 0 Å². The summed E-state index contributed by atoms with van der Waals surface area (Å²) in [5.41, 5.74) is 3.62. The lowest BCUT2D eigenvalue weighted by Gasteiger charge is -2.31. The van der Waals surface area contributed by atoms with Crippen molar-refractivity contribution in [2.45, 2.75) is 32.4 Å². The van der Waals surface area contributed by atoms with Crippen LogP contribution in [0.3, 0.4) is 0 Å². The Bertz CT molecular complexity index is 666. The second kappa shape index (κ2) is 5.41. The Labute approximate surface area is 124 Å². The molecule has 2 aliphatic rings. The number of rotatable bonds is 1. The topological polar surface area (TPSA) is 49.7 Å². The Kier molecular flexibility index (Phi) is 3.60. The van der Waals surface area contributed by atoms with Gasteiger partial charge in [-0.2, -0.15) is 0 Å². The van der Waals surface area contributed by atoms with Crippen LogP contribution in [0.25, 0.3) is 0 Å². The first-order chi connectivity index (χ1) is 10.1. The number of hydrogen-bond acceptors (Lipinski definition) is 3. The van der Waals surface area contributed by atoms with Crippen molar-refractivity contribution in [3.8, 4) is 0 Å². The van der Waals surface area contributed by atoms with Gasteiger partial charge in [-0.15, -0.1) is 0 Å². The molecule has 1 N–H and O–H groups in total. The Hall–Kier alpha value is -2.00. The molecule has 21 heavy (non-hydrogen) atoms. The molecule has 0 aromatic heterocycles. The maximum Gasteiger partial charge on any atom is 0.188 e. The largest absolute Gasteiger partial charge is 0.388 e. The van der Waals surface area contributed by atoms with Gasteiger partial charge in [0.25, 0.3) is 0 Å². The van der Waals surface area contributed by atoms with E-state index in [2.05, 4.69) is 11.1 Å². The number of fused-ring (bicyclic) bond motifs is 2. The molecule has 1 aliphatic carbocycles. The van der Waals surface area contributed by atoms with Gasteiger partial charge in [-0.05, 0) is 25.0 Å². The van der Waals surface area contributed by atoms with Gasteiger partial charge in [0.2, 0.25) is 0 Å². The van der Waals surface area contributed by atoms with E-state index >= 15 is 0 Å². The molecule has 108 valence electrons. The van der Waals surface area contributed by atoms with E-state index in [1.807, 2.05) is 38.1 Å². The van der Waals surface area contributed by atoms with Crippen molar-refractivity contribution >= 4 is 12.0 Å². The smallest absolute Gasteiger partial charge is 0.188 e. The van der Waals surface area contributed by atoms with Crippen LogP contribution in [0.1, 0.15) is 42.3 Å². The highest BCUT2D eigenvalue weighted by Gasteiger charge is 2.40. The highest BCUT2D eigenvalue weighted by atomic mass is 16.3. The van der Waals surface area contributed by atoms with Crippen LogP contribution >= 0.6 is 0 Å². The van der Waals surface area contributed by atoms with Crippen molar-refractivity contribution in [1.82, 2.24) is 0 Å². The average Bonchev–Trinajstić information content (AvgIpc) is 2.67. The molecule has 0 bridgehead atoms. The van der Waals surface area contributed by atoms with Crippen LogP contribution in [0, 0.1) is 5.92 Å². The van der Waals surface area contributed by atoms with Crippen molar-refractivity contribution in [1.29, 1.82) is 0 Å². The number of Topliss-reactive ketones (excluding diaryl/α,β-unsaturated/α-hetero) is 1. The van der Waals surface area contributed by atoms with E-state index in [1.165, 1.54) is 5.57 Å². The molecule has 3 nitrogen and oxygen atoms in total. The zero-order valence-corrected chi connectivity index (χ0v) is 12.3. The molecule has 0 fully saturated rings. The predicted octanol–water partition coefficient (Wildman–Crippen LogP) is 3.27. The summed E-state index contributed by atoms with van der Waals surface area (Å²) in [6.45, 7) is 4.08. The fourth-order valence-electron chi connectivity index (χ4n) is 3.11. The fourth-order valence-corrected chi connectivity index (χ4v) is 3.11. The number of aliphatic hydroxyl groups is 1. The summed E-state index contributed by atoms with van der Waals surface area (Å²) in [4.78, 5) is 17.0. The van der Waals surface area contributed by atoms with Crippen LogP contribution < -0.4 is 0 Å². The molecule has 1 aromatic carbocycles. The van der Waals surface area contributed by atoms with Crippen molar-refractivity contribution < 1.29 is 9.90 Å². The van der Waals surface area contributed by atoms with Gasteiger partial charge in [-0.25, -0.2) is 0 Å². The Balaban J connectivity index is 2.09. The molecule has 0 saturated heterocycles. The summed E-state index contributed by atoms with van der Waals surface area (Å²) in [6.07, 6.45) is 5.93.